The molecule has 0 saturated heterocycles. The second kappa shape index (κ2) is 6.30. The molecule has 1 N–H and O–H groups in total. The van der Waals surface area contributed by atoms with E-state index in [-0.39, 0.29) is 0 Å². The van der Waals surface area contributed by atoms with E-state index in [1.807, 2.05) is 11.3 Å². The summed E-state index contributed by atoms with van der Waals surface area (Å²) in [5.41, 5.74) is 3.70. The Hall–Kier alpha value is -1.17. The molecule has 0 amide bonds. The molecule has 112 valence electrons. The molecule has 0 radical (unpaired) electrons. The lowest BCUT2D eigenvalue weighted by Crippen LogP contribution is -2.21. The fraction of sp³-hybridized carbons (Fsp3) is 0.438. The van der Waals surface area contributed by atoms with Gasteiger partial charge in [-0.15, -0.1) is 22.7 Å². The van der Waals surface area contributed by atoms with E-state index < -0.39 is 0 Å². The number of thiophene rings is 1. The average Bonchev–Trinajstić information content (AvgIpc) is 3.15. The van der Waals surface area contributed by atoms with Crippen LogP contribution in [0.15, 0.2) is 22.9 Å². The van der Waals surface area contributed by atoms with Crippen LogP contribution in [0, 0.1) is 13.8 Å². The quantitative estimate of drug-likeness (QED) is 0.713. The number of nitrogens with one attached hydrogen (secondary N) is 1. The first-order valence-corrected chi connectivity index (χ1v) is 9.15. The molecule has 3 aromatic rings. The fourth-order valence-corrected chi connectivity index (χ4v) is 4.49. The maximum absolute atomic E-state index is 4.66. The number of hydrogen-bond acceptors (Lipinski definition) is 4. The lowest BCUT2D eigenvalue weighted by atomic mass is 10.1. The lowest BCUT2D eigenvalue weighted by molar-refractivity contribution is 0.494. The van der Waals surface area contributed by atoms with E-state index in [1.54, 1.807) is 11.3 Å². The Kier molecular flexibility index (Phi) is 4.42. The lowest BCUT2D eigenvalue weighted by Gasteiger charge is -2.17. The summed E-state index contributed by atoms with van der Waals surface area (Å²) in [6, 6.07) is 4.81. The van der Waals surface area contributed by atoms with Gasteiger partial charge < -0.3 is 5.32 Å². The predicted molar refractivity (Wildman–Crippen MR) is 91.4 cm³/mol. The summed E-state index contributed by atoms with van der Waals surface area (Å²) in [5.74, 6) is 0. The van der Waals surface area contributed by atoms with Crippen molar-refractivity contribution in [1.29, 1.82) is 0 Å². The van der Waals surface area contributed by atoms with Crippen molar-refractivity contribution < 1.29 is 0 Å². The maximum Gasteiger partial charge on any atom is 0.194 e. The number of aryl methyl sites for hydroxylation is 2. The first kappa shape index (κ1) is 14.8. The van der Waals surface area contributed by atoms with Crippen molar-refractivity contribution in [2.75, 3.05) is 0 Å². The third-order valence-electron chi connectivity index (χ3n) is 3.81. The highest BCUT2D eigenvalue weighted by molar-refractivity contribution is 7.15. The molecule has 0 spiro atoms. The molecule has 0 aliphatic rings. The molecular formula is C16H21N3S2. The van der Waals surface area contributed by atoms with E-state index in [9.17, 15) is 0 Å². The van der Waals surface area contributed by atoms with Crippen LogP contribution in [0.5, 0.6) is 0 Å². The second-order valence-corrected chi connectivity index (χ2v) is 7.19. The second-order valence-electron chi connectivity index (χ2n) is 5.38. The minimum Gasteiger partial charge on any atom is -0.304 e. The Morgan fingerprint density at radius 2 is 2.19 bits per heavy atom. The van der Waals surface area contributed by atoms with Crippen molar-refractivity contribution in [3.05, 3.63) is 44.9 Å². The Labute approximate surface area is 133 Å². The monoisotopic (exact) mass is 319 g/mol. The summed E-state index contributed by atoms with van der Waals surface area (Å²) in [5, 5.41) is 8.06. The number of hydrogen-bond donors (Lipinski definition) is 1. The van der Waals surface area contributed by atoms with Gasteiger partial charge in [-0.2, -0.15) is 0 Å². The first-order chi connectivity index (χ1) is 10.2. The smallest absolute Gasteiger partial charge is 0.194 e. The topological polar surface area (TPSA) is 29.3 Å². The van der Waals surface area contributed by atoms with Crippen molar-refractivity contribution >= 4 is 27.6 Å². The summed E-state index contributed by atoms with van der Waals surface area (Å²) in [7, 11) is 0. The molecular weight excluding hydrogens is 298 g/mol. The largest absolute Gasteiger partial charge is 0.304 e. The standard InChI is InChI=1S/C16H21N3S2/c1-4-6-13(15-7-5-8-20-15)17-9-14-12(3)18-16-19(14)11(2)10-21-16/h5,7-8,10,13,17H,4,6,9H2,1-3H3. The Balaban J connectivity index is 1.81. The zero-order chi connectivity index (χ0) is 14.8. The Morgan fingerprint density at radius 1 is 1.33 bits per heavy atom. The van der Waals surface area contributed by atoms with Crippen LogP contribution < -0.4 is 5.32 Å². The molecule has 0 aliphatic heterocycles. The minimum atomic E-state index is 0.443. The zero-order valence-corrected chi connectivity index (χ0v) is 14.4. The molecule has 3 nitrogen and oxygen atoms in total. The third-order valence-corrected chi connectivity index (χ3v) is 5.74. The van der Waals surface area contributed by atoms with Gasteiger partial charge in [0.05, 0.1) is 11.4 Å². The molecule has 1 unspecified atom stereocenters. The Bertz CT molecular complexity index is 709. The summed E-state index contributed by atoms with van der Waals surface area (Å²) >= 11 is 3.56. The van der Waals surface area contributed by atoms with Crippen LogP contribution in [-0.2, 0) is 6.54 Å². The molecule has 3 heterocycles. The van der Waals surface area contributed by atoms with Crippen LogP contribution >= 0.6 is 22.7 Å². The summed E-state index contributed by atoms with van der Waals surface area (Å²) < 4.78 is 2.28. The van der Waals surface area contributed by atoms with Gasteiger partial charge in [0, 0.05) is 28.5 Å². The van der Waals surface area contributed by atoms with Crippen LogP contribution in [0.4, 0.5) is 0 Å². The highest BCUT2D eigenvalue weighted by atomic mass is 32.1. The van der Waals surface area contributed by atoms with Gasteiger partial charge in [-0.25, -0.2) is 4.98 Å². The molecule has 0 aromatic carbocycles. The minimum absolute atomic E-state index is 0.443. The molecule has 3 rings (SSSR count). The van der Waals surface area contributed by atoms with Crippen LogP contribution in [0.3, 0.4) is 0 Å². The van der Waals surface area contributed by atoms with Crippen LogP contribution in [0.1, 0.15) is 47.8 Å². The van der Waals surface area contributed by atoms with Gasteiger partial charge in [-0.05, 0) is 31.7 Å². The summed E-state index contributed by atoms with van der Waals surface area (Å²) in [6.07, 6.45) is 2.36. The number of imidazole rings is 1. The zero-order valence-electron chi connectivity index (χ0n) is 12.7. The summed E-state index contributed by atoms with van der Waals surface area (Å²) in [6.45, 7) is 7.37. The van der Waals surface area contributed by atoms with E-state index in [1.165, 1.54) is 29.1 Å². The number of rotatable bonds is 6. The SMILES string of the molecule is CCCC(NCc1c(C)nc2scc(C)n12)c1cccs1. The van der Waals surface area contributed by atoms with E-state index in [4.69, 9.17) is 0 Å². The van der Waals surface area contributed by atoms with E-state index in [2.05, 4.69) is 58.4 Å². The molecule has 0 saturated carbocycles. The molecule has 1 atom stereocenters. The van der Waals surface area contributed by atoms with Crippen molar-refractivity contribution in [2.45, 2.75) is 46.2 Å². The Morgan fingerprint density at radius 3 is 2.90 bits per heavy atom. The number of thiazole rings is 1. The van der Waals surface area contributed by atoms with Gasteiger partial charge in [0.25, 0.3) is 0 Å². The predicted octanol–water partition coefficient (Wildman–Crippen LogP) is 4.71. The molecule has 0 fully saturated rings. The highest BCUT2D eigenvalue weighted by Crippen LogP contribution is 2.25. The molecule has 0 bridgehead atoms. The summed E-state index contributed by atoms with van der Waals surface area (Å²) in [4.78, 5) is 7.19. The van der Waals surface area contributed by atoms with Crippen LogP contribution in [0.25, 0.3) is 4.96 Å². The van der Waals surface area contributed by atoms with Crippen LogP contribution in [0.2, 0.25) is 0 Å². The number of aromatic nitrogens is 2. The van der Waals surface area contributed by atoms with Gasteiger partial charge in [0.1, 0.15) is 0 Å². The first-order valence-electron chi connectivity index (χ1n) is 7.39. The highest BCUT2D eigenvalue weighted by Gasteiger charge is 2.15. The number of nitrogens with zero attached hydrogens (tertiary/aromatic N) is 2. The maximum atomic E-state index is 4.66. The molecule has 5 heteroatoms. The van der Waals surface area contributed by atoms with E-state index in [0.29, 0.717) is 6.04 Å². The molecule has 21 heavy (non-hydrogen) atoms. The molecule has 0 aliphatic carbocycles. The fourth-order valence-electron chi connectivity index (χ4n) is 2.72. The molecule has 3 aromatic heterocycles. The average molecular weight is 319 g/mol. The van der Waals surface area contributed by atoms with Gasteiger partial charge in [0.15, 0.2) is 4.96 Å². The third kappa shape index (κ3) is 2.91. The number of fused-ring (bicyclic) bond motifs is 1. The van der Waals surface area contributed by atoms with Gasteiger partial charge in [-0.1, -0.05) is 19.4 Å². The van der Waals surface area contributed by atoms with Crippen LogP contribution in [-0.4, -0.2) is 9.38 Å². The van der Waals surface area contributed by atoms with Gasteiger partial charge in [-0.3, -0.25) is 4.40 Å². The van der Waals surface area contributed by atoms with E-state index >= 15 is 0 Å². The van der Waals surface area contributed by atoms with E-state index in [0.717, 1.165) is 17.2 Å². The van der Waals surface area contributed by atoms with Gasteiger partial charge in [0.2, 0.25) is 0 Å². The van der Waals surface area contributed by atoms with Gasteiger partial charge >= 0.3 is 0 Å². The van der Waals surface area contributed by atoms with Crippen molar-refractivity contribution in [3.63, 3.8) is 0 Å². The van der Waals surface area contributed by atoms with Crippen molar-refractivity contribution in [2.24, 2.45) is 0 Å². The van der Waals surface area contributed by atoms with Crippen molar-refractivity contribution in [1.82, 2.24) is 14.7 Å². The van der Waals surface area contributed by atoms with Crippen molar-refractivity contribution in [3.8, 4) is 0 Å². The normalized spacial score (nSPS) is 13.1.